The fourth-order valence-corrected chi connectivity index (χ4v) is 6.61. The molecule has 32 heavy (non-hydrogen) atoms. The zero-order valence-corrected chi connectivity index (χ0v) is 20.0. The van der Waals surface area contributed by atoms with Gasteiger partial charge in [0.15, 0.2) is 0 Å². The first kappa shape index (κ1) is 22.6. The number of thioether (sulfide) groups is 2. The maximum Gasteiger partial charge on any atom is 0.365 e. The molecule has 2 aromatic carbocycles. The topological polar surface area (TPSA) is 71.4 Å². The summed E-state index contributed by atoms with van der Waals surface area (Å²) in [6.07, 6.45) is 0. The van der Waals surface area contributed by atoms with Crippen molar-refractivity contribution in [3.8, 4) is 0 Å². The lowest BCUT2D eigenvalue weighted by Crippen LogP contribution is -2.49. The van der Waals surface area contributed by atoms with Crippen molar-refractivity contribution in [1.82, 2.24) is 0 Å². The van der Waals surface area contributed by atoms with Crippen LogP contribution in [0.15, 0.2) is 70.3 Å². The molecule has 2 heterocycles. The number of anilines is 2. The Morgan fingerprint density at radius 2 is 1.75 bits per heavy atom. The number of para-hydroxylation sites is 2. The number of hydrazone groups is 1. The van der Waals surface area contributed by atoms with Crippen LogP contribution in [0.3, 0.4) is 0 Å². The van der Waals surface area contributed by atoms with Crippen molar-refractivity contribution in [1.29, 1.82) is 0 Å². The van der Waals surface area contributed by atoms with Crippen molar-refractivity contribution >= 4 is 63.5 Å². The lowest BCUT2D eigenvalue weighted by atomic mass is 10.2. The highest BCUT2D eigenvalue weighted by molar-refractivity contribution is 8.29. The average molecular weight is 490 g/mol. The third kappa shape index (κ3) is 3.74. The number of halogens is 1. The molecule has 4 rings (SSSR count). The first-order chi connectivity index (χ1) is 15.4. The summed E-state index contributed by atoms with van der Waals surface area (Å²) in [4.78, 5) is 27.7. The lowest BCUT2D eigenvalue weighted by Gasteiger charge is -2.41. The summed E-state index contributed by atoms with van der Waals surface area (Å²) in [7, 11) is 1.31. The molecule has 0 aromatic heterocycles. The molecule has 0 amide bonds. The minimum atomic E-state index is -1.07. The molecule has 1 unspecified atom stereocenters. The van der Waals surface area contributed by atoms with Crippen LogP contribution in [0, 0.1) is 0 Å². The Labute approximate surface area is 199 Å². The monoisotopic (exact) mass is 489 g/mol. The van der Waals surface area contributed by atoms with Gasteiger partial charge in [0, 0.05) is 11.4 Å². The van der Waals surface area contributed by atoms with Gasteiger partial charge >= 0.3 is 11.9 Å². The van der Waals surface area contributed by atoms with Crippen LogP contribution >= 0.6 is 35.1 Å². The van der Waals surface area contributed by atoms with E-state index in [9.17, 15) is 9.59 Å². The molecule has 2 aromatic rings. The zero-order valence-electron chi connectivity index (χ0n) is 17.6. The second-order valence-electron chi connectivity index (χ2n) is 6.72. The van der Waals surface area contributed by atoms with E-state index < -0.39 is 16.3 Å². The Kier molecular flexibility index (Phi) is 6.41. The predicted octanol–water partition coefficient (Wildman–Crippen LogP) is 5.04. The quantitative estimate of drug-likeness (QED) is 0.541. The van der Waals surface area contributed by atoms with Crippen LogP contribution < -0.4 is 9.91 Å². The molecule has 2 aliphatic heterocycles. The summed E-state index contributed by atoms with van der Waals surface area (Å²) in [5.74, 6) is -1.00. The van der Waals surface area contributed by atoms with E-state index in [2.05, 4.69) is 5.10 Å². The summed E-state index contributed by atoms with van der Waals surface area (Å²) < 4.78 is 9.20. The lowest BCUT2D eigenvalue weighted by molar-refractivity contribution is -0.137. The van der Waals surface area contributed by atoms with Gasteiger partial charge in [-0.1, -0.05) is 53.7 Å². The third-order valence-electron chi connectivity index (χ3n) is 4.79. The highest BCUT2D eigenvalue weighted by Gasteiger charge is 2.58. The number of benzene rings is 2. The number of allylic oxidation sites excluding steroid dienone is 1. The minimum absolute atomic E-state index is 0.152. The molecule has 1 spiro atoms. The Morgan fingerprint density at radius 3 is 2.41 bits per heavy atom. The predicted molar refractivity (Wildman–Crippen MR) is 130 cm³/mol. The van der Waals surface area contributed by atoms with Crippen molar-refractivity contribution < 1.29 is 19.1 Å². The number of carbonyl (C=O) groups excluding carboxylic acids is 2. The number of rotatable bonds is 5. The summed E-state index contributed by atoms with van der Waals surface area (Å²) in [5, 5.41) is 6.86. The van der Waals surface area contributed by atoms with Gasteiger partial charge in [0.25, 0.3) is 0 Å². The molecule has 2 aliphatic rings. The number of hydrogen-bond acceptors (Lipinski definition) is 9. The Balaban J connectivity index is 1.92. The Bertz CT molecular complexity index is 1130. The van der Waals surface area contributed by atoms with Gasteiger partial charge in [0.05, 0.1) is 24.4 Å². The Hall–Kier alpha value is -2.62. The van der Waals surface area contributed by atoms with Gasteiger partial charge in [0.1, 0.15) is 4.91 Å². The highest BCUT2D eigenvalue weighted by Crippen LogP contribution is 2.60. The van der Waals surface area contributed by atoms with Gasteiger partial charge in [-0.05, 0) is 49.9 Å². The van der Waals surface area contributed by atoms with E-state index in [1.54, 1.807) is 18.0 Å². The molecule has 0 aliphatic carbocycles. The van der Waals surface area contributed by atoms with Crippen LogP contribution in [0.5, 0.6) is 0 Å². The molecule has 0 fully saturated rings. The van der Waals surface area contributed by atoms with Crippen LogP contribution in [0.1, 0.15) is 13.8 Å². The summed E-state index contributed by atoms with van der Waals surface area (Å²) in [6.45, 7) is 3.86. The normalized spacial score (nSPS) is 20.1. The van der Waals surface area contributed by atoms with Crippen LogP contribution in [-0.2, 0) is 19.1 Å². The molecule has 0 radical (unpaired) electrons. The summed E-state index contributed by atoms with van der Waals surface area (Å²) >= 11 is 8.99. The van der Waals surface area contributed by atoms with E-state index >= 15 is 0 Å². The highest BCUT2D eigenvalue weighted by atomic mass is 35.5. The van der Waals surface area contributed by atoms with Crippen molar-refractivity contribution in [3.63, 3.8) is 0 Å². The van der Waals surface area contributed by atoms with Gasteiger partial charge < -0.3 is 14.4 Å². The van der Waals surface area contributed by atoms with Crippen LogP contribution in [0.25, 0.3) is 0 Å². The summed E-state index contributed by atoms with van der Waals surface area (Å²) in [6, 6.07) is 16.8. The van der Waals surface area contributed by atoms with Crippen molar-refractivity contribution in [2.75, 3.05) is 23.6 Å². The Morgan fingerprint density at radius 1 is 1.06 bits per heavy atom. The maximum atomic E-state index is 12.8. The van der Waals surface area contributed by atoms with Crippen molar-refractivity contribution in [2.45, 2.75) is 18.2 Å². The molecule has 0 saturated carbocycles. The van der Waals surface area contributed by atoms with E-state index in [0.717, 1.165) is 5.69 Å². The number of carbonyl (C=O) groups is 2. The molecule has 7 nitrogen and oxygen atoms in total. The summed E-state index contributed by atoms with van der Waals surface area (Å²) in [5.41, 5.74) is 2.10. The number of nitrogens with zero attached hydrogens (tertiary/aromatic N) is 3. The standard InChI is InChI=1S/C22H20ClN3O4S2/c1-4-30-20(27)18-14(2)25(15-10-6-5-7-11-15)22(31-18)26(17-13-9-8-12-16(17)23)24-19(32-22)21(28)29-3/h5-13H,4H2,1-3H3. The molecular formula is C22H20ClN3O4S2. The van der Waals surface area contributed by atoms with Crippen molar-refractivity contribution in [3.05, 3.63) is 70.2 Å². The van der Waals surface area contributed by atoms with E-state index in [-0.39, 0.29) is 11.7 Å². The molecular weight excluding hydrogens is 470 g/mol. The SMILES string of the molecule is CCOC(=O)C1=C(C)N(c2ccccc2)C2(SC(C(=O)OC)=NN2c2ccccc2Cl)S1. The van der Waals surface area contributed by atoms with E-state index in [4.69, 9.17) is 21.1 Å². The second-order valence-corrected chi connectivity index (χ2v) is 9.73. The van der Waals surface area contributed by atoms with E-state index in [1.807, 2.05) is 60.4 Å². The molecule has 0 saturated heterocycles. The minimum Gasteiger partial charge on any atom is -0.464 e. The van der Waals surface area contributed by atoms with E-state index in [1.165, 1.54) is 30.6 Å². The molecule has 0 N–H and O–H groups in total. The first-order valence-corrected chi connectivity index (χ1v) is 11.8. The largest absolute Gasteiger partial charge is 0.464 e. The van der Waals surface area contributed by atoms with Crippen molar-refractivity contribution in [2.24, 2.45) is 5.10 Å². The first-order valence-electron chi connectivity index (χ1n) is 9.76. The second kappa shape index (κ2) is 9.09. The number of ether oxygens (including phenoxy) is 2. The van der Waals surface area contributed by atoms with Crippen LogP contribution in [0.4, 0.5) is 11.4 Å². The fraction of sp³-hybridized carbons (Fsp3) is 0.227. The maximum absolute atomic E-state index is 12.8. The van der Waals surface area contributed by atoms with E-state index in [0.29, 0.717) is 21.3 Å². The number of methoxy groups -OCH3 is 1. The number of hydrogen-bond donors (Lipinski definition) is 0. The van der Waals surface area contributed by atoms with Gasteiger partial charge in [0.2, 0.25) is 9.37 Å². The third-order valence-corrected chi connectivity index (χ3v) is 7.96. The smallest absolute Gasteiger partial charge is 0.365 e. The van der Waals surface area contributed by atoms with Gasteiger partial charge in [-0.25, -0.2) is 14.6 Å². The van der Waals surface area contributed by atoms with Gasteiger partial charge in [-0.15, -0.1) is 0 Å². The molecule has 0 bridgehead atoms. The average Bonchev–Trinajstić information content (AvgIpc) is 3.32. The van der Waals surface area contributed by atoms with Gasteiger partial charge in [-0.2, -0.15) is 5.10 Å². The van der Waals surface area contributed by atoms with Gasteiger partial charge in [-0.3, -0.25) is 0 Å². The van der Waals surface area contributed by atoms with Crippen LogP contribution in [-0.4, -0.2) is 35.0 Å². The number of esters is 2. The zero-order chi connectivity index (χ0) is 22.9. The van der Waals surface area contributed by atoms with Crippen LogP contribution in [0.2, 0.25) is 5.02 Å². The molecule has 166 valence electrons. The molecule has 1 atom stereocenters. The fourth-order valence-electron chi connectivity index (χ4n) is 3.43. The molecule has 10 heteroatoms.